The van der Waals surface area contributed by atoms with Gasteiger partial charge < -0.3 is 10.6 Å². The summed E-state index contributed by atoms with van der Waals surface area (Å²) in [6.45, 7) is 0.0890. The lowest BCUT2D eigenvalue weighted by molar-refractivity contribution is -0.137. The lowest BCUT2D eigenvalue weighted by Crippen LogP contribution is -2.24. The number of nitrogens with one attached hydrogen (secondary N) is 3. The van der Waals surface area contributed by atoms with Gasteiger partial charge in [0.1, 0.15) is 0 Å². The van der Waals surface area contributed by atoms with E-state index in [9.17, 15) is 26.4 Å². The van der Waals surface area contributed by atoms with E-state index >= 15 is 0 Å². The molecular weight excluding hydrogens is 511 g/mol. The Kier molecular flexibility index (Phi) is 7.72. The number of carbonyl (C=O) groups excluding carboxylic acids is 1. The molecule has 1 unspecified atom stereocenters. The first-order chi connectivity index (χ1) is 17.1. The van der Waals surface area contributed by atoms with Crippen LogP contribution in [0.5, 0.6) is 0 Å². The zero-order valence-electron chi connectivity index (χ0n) is 18.7. The van der Waals surface area contributed by atoms with Crippen LogP contribution in [-0.2, 0) is 22.7 Å². The number of allylic oxidation sites excluding steroid dienone is 1. The van der Waals surface area contributed by atoms with Crippen LogP contribution in [0.15, 0.2) is 89.2 Å². The SMILES string of the molecule is O=C(Nc1cccc(C(F)(F)F)c1)Nc1cc(S(=O)(=O)NCc2ccccc2)ccc1C1C=CSC1. The molecule has 1 aliphatic rings. The van der Waals surface area contributed by atoms with Crippen LogP contribution in [-0.4, -0.2) is 20.2 Å². The normalized spacial score (nSPS) is 15.6. The smallest absolute Gasteiger partial charge is 0.308 e. The molecule has 1 heterocycles. The van der Waals surface area contributed by atoms with Crippen LogP contribution in [0.4, 0.5) is 29.3 Å². The molecule has 36 heavy (non-hydrogen) atoms. The van der Waals surface area contributed by atoms with E-state index < -0.39 is 27.8 Å². The average molecular weight is 534 g/mol. The Hall–Kier alpha value is -3.28. The van der Waals surface area contributed by atoms with Gasteiger partial charge in [0.25, 0.3) is 0 Å². The van der Waals surface area contributed by atoms with E-state index in [-0.39, 0.29) is 28.7 Å². The molecule has 0 saturated heterocycles. The van der Waals surface area contributed by atoms with Crippen molar-refractivity contribution in [2.75, 3.05) is 16.4 Å². The Morgan fingerprint density at radius 2 is 1.75 bits per heavy atom. The number of sulfonamides is 1. The minimum Gasteiger partial charge on any atom is -0.308 e. The summed E-state index contributed by atoms with van der Waals surface area (Å²) < 4.78 is 67.4. The highest BCUT2D eigenvalue weighted by molar-refractivity contribution is 8.02. The summed E-state index contributed by atoms with van der Waals surface area (Å²) in [4.78, 5) is 12.6. The van der Waals surface area contributed by atoms with Crippen LogP contribution in [0.2, 0.25) is 0 Å². The summed E-state index contributed by atoms with van der Waals surface area (Å²) in [5.41, 5.74) is 0.779. The molecule has 0 saturated carbocycles. The third-order valence-electron chi connectivity index (χ3n) is 5.42. The van der Waals surface area contributed by atoms with Gasteiger partial charge in [-0.15, -0.1) is 11.8 Å². The van der Waals surface area contributed by atoms with Crippen LogP contribution in [0.3, 0.4) is 0 Å². The zero-order valence-corrected chi connectivity index (χ0v) is 20.4. The molecule has 11 heteroatoms. The van der Waals surface area contributed by atoms with Gasteiger partial charge in [0.05, 0.1) is 10.5 Å². The molecule has 1 aliphatic heterocycles. The number of amides is 2. The maximum atomic E-state index is 13.0. The first kappa shape index (κ1) is 25.8. The van der Waals surface area contributed by atoms with Crippen molar-refractivity contribution in [1.29, 1.82) is 0 Å². The third kappa shape index (κ3) is 6.48. The van der Waals surface area contributed by atoms with E-state index in [0.29, 0.717) is 11.3 Å². The highest BCUT2D eigenvalue weighted by Crippen LogP contribution is 2.35. The molecular formula is C25H22F3N3O3S2. The second-order valence-electron chi connectivity index (χ2n) is 7.99. The molecule has 6 nitrogen and oxygen atoms in total. The summed E-state index contributed by atoms with van der Waals surface area (Å²) in [6.07, 6.45) is -2.61. The molecule has 4 rings (SSSR count). The van der Waals surface area contributed by atoms with Crippen molar-refractivity contribution in [3.05, 3.63) is 101 Å². The highest BCUT2D eigenvalue weighted by atomic mass is 32.2. The van der Waals surface area contributed by atoms with Crippen LogP contribution >= 0.6 is 11.8 Å². The number of rotatable bonds is 7. The van der Waals surface area contributed by atoms with Crippen molar-refractivity contribution in [1.82, 2.24) is 4.72 Å². The van der Waals surface area contributed by atoms with Crippen molar-refractivity contribution < 1.29 is 26.4 Å². The summed E-state index contributed by atoms with van der Waals surface area (Å²) in [5.74, 6) is 0.648. The first-order valence-corrected chi connectivity index (χ1v) is 13.4. The van der Waals surface area contributed by atoms with Gasteiger partial charge in [0.2, 0.25) is 10.0 Å². The fraction of sp³-hybridized carbons (Fsp3) is 0.160. The van der Waals surface area contributed by atoms with Crippen LogP contribution < -0.4 is 15.4 Å². The second kappa shape index (κ2) is 10.8. The monoisotopic (exact) mass is 533 g/mol. The fourth-order valence-electron chi connectivity index (χ4n) is 3.61. The molecule has 1 atom stereocenters. The van der Waals surface area contributed by atoms with E-state index in [4.69, 9.17) is 0 Å². The fourth-order valence-corrected chi connectivity index (χ4v) is 5.56. The Labute approximate surface area is 211 Å². The largest absolute Gasteiger partial charge is 0.416 e. The Balaban J connectivity index is 1.56. The number of alkyl halides is 3. The summed E-state index contributed by atoms with van der Waals surface area (Å²) in [5, 5.41) is 6.92. The van der Waals surface area contributed by atoms with Gasteiger partial charge in [-0.3, -0.25) is 0 Å². The lowest BCUT2D eigenvalue weighted by Gasteiger charge is -2.17. The molecule has 0 aliphatic carbocycles. The average Bonchev–Trinajstić information content (AvgIpc) is 3.38. The number of urea groups is 1. The van der Waals surface area contributed by atoms with Gasteiger partial charge in [-0.05, 0) is 46.9 Å². The van der Waals surface area contributed by atoms with Crippen molar-refractivity contribution in [2.45, 2.75) is 23.5 Å². The van der Waals surface area contributed by atoms with Crippen molar-refractivity contribution in [2.24, 2.45) is 0 Å². The van der Waals surface area contributed by atoms with Gasteiger partial charge in [-0.2, -0.15) is 13.2 Å². The molecule has 0 fully saturated rings. The summed E-state index contributed by atoms with van der Waals surface area (Å²) in [6, 6.07) is 16.9. The maximum Gasteiger partial charge on any atom is 0.416 e. The number of carbonyl (C=O) groups is 1. The first-order valence-electron chi connectivity index (χ1n) is 10.8. The van der Waals surface area contributed by atoms with E-state index in [1.165, 1.54) is 24.3 Å². The van der Waals surface area contributed by atoms with Crippen molar-refractivity contribution >= 4 is 39.2 Å². The highest BCUT2D eigenvalue weighted by Gasteiger charge is 2.30. The molecule has 0 bridgehead atoms. The number of anilines is 2. The van der Waals surface area contributed by atoms with Gasteiger partial charge in [-0.25, -0.2) is 17.9 Å². The van der Waals surface area contributed by atoms with E-state index in [0.717, 1.165) is 17.7 Å². The Morgan fingerprint density at radius 3 is 2.44 bits per heavy atom. The maximum absolute atomic E-state index is 13.0. The molecule has 0 radical (unpaired) electrons. The predicted octanol–water partition coefficient (Wildman–Crippen LogP) is 6.17. The molecule has 3 aromatic rings. The standard InChI is InChI=1S/C25H22F3N3O3S2/c26-25(27,28)19-7-4-8-20(13-19)30-24(32)31-23-14-21(9-10-22(23)18-11-12-35-16-18)36(33,34)29-15-17-5-2-1-3-6-17/h1-14,18,29H,15-16H2,(H2,30,31,32). The Bertz CT molecular complexity index is 1380. The Morgan fingerprint density at radius 1 is 0.972 bits per heavy atom. The van der Waals surface area contributed by atoms with Gasteiger partial charge in [-0.1, -0.05) is 48.5 Å². The van der Waals surface area contributed by atoms with Gasteiger partial charge >= 0.3 is 12.2 Å². The molecule has 188 valence electrons. The van der Waals surface area contributed by atoms with Crippen LogP contribution in [0.25, 0.3) is 0 Å². The third-order valence-corrected chi connectivity index (χ3v) is 7.72. The number of thioether (sulfide) groups is 1. The lowest BCUT2D eigenvalue weighted by atomic mass is 9.99. The summed E-state index contributed by atoms with van der Waals surface area (Å²) >= 11 is 1.58. The molecule has 2 amide bonds. The quantitative estimate of drug-likeness (QED) is 0.339. The van der Waals surface area contributed by atoms with Gasteiger partial charge in [0, 0.05) is 29.6 Å². The number of hydrogen-bond donors (Lipinski definition) is 3. The van der Waals surface area contributed by atoms with Crippen molar-refractivity contribution in [3.8, 4) is 0 Å². The van der Waals surface area contributed by atoms with Crippen molar-refractivity contribution in [3.63, 3.8) is 0 Å². The summed E-state index contributed by atoms with van der Waals surface area (Å²) in [7, 11) is -3.91. The minimum absolute atomic E-state index is 0.0477. The number of hydrogen-bond acceptors (Lipinski definition) is 4. The van der Waals surface area contributed by atoms with Crippen LogP contribution in [0.1, 0.15) is 22.6 Å². The molecule has 0 aromatic heterocycles. The van der Waals surface area contributed by atoms with E-state index in [2.05, 4.69) is 15.4 Å². The number of halogens is 3. The minimum atomic E-state index is -4.55. The topological polar surface area (TPSA) is 87.3 Å². The number of benzene rings is 3. The van der Waals surface area contributed by atoms with E-state index in [1.54, 1.807) is 42.1 Å². The van der Waals surface area contributed by atoms with Gasteiger partial charge in [0.15, 0.2) is 0 Å². The molecule has 3 N–H and O–H groups in total. The predicted molar refractivity (Wildman–Crippen MR) is 135 cm³/mol. The van der Waals surface area contributed by atoms with E-state index in [1.807, 2.05) is 17.6 Å². The molecule has 0 spiro atoms. The van der Waals surface area contributed by atoms with Crippen LogP contribution in [0, 0.1) is 0 Å². The second-order valence-corrected chi connectivity index (χ2v) is 10.7. The molecule has 3 aromatic carbocycles. The zero-order chi connectivity index (χ0) is 25.8.